The number of carbonyl (C=O) groups is 3. The molecule has 1 aliphatic carbocycles. The smallest absolute Gasteiger partial charge is 0.231 e. The maximum Gasteiger partial charge on any atom is 0.231 e. The van der Waals surface area contributed by atoms with Crippen molar-refractivity contribution in [3.63, 3.8) is 0 Å². The molecule has 0 aromatic heterocycles. The van der Waals surface area contributed by atoms with Crippen molar-refractivity contribution in [2.75, 3.05) is 6.79 Å². The molecule has 0 atom stereocenters. The van der Waals surface area contributed by atoms with Gasteiger partial charge in [0.1, 0.15) is 11.7 Å². The average molecular weight is 380 g/mol. The van der Waals surface area contributed by atoms with Crippen molar-refractivity contribution in [2.45, 2.75) is 31.6 Å². The molecule has 0 unspecified atom stereocenters. The number of hydrogen-bond acceptors (Lipinski definition) is 6. The monoisotopic (exact) mass is 380 g/mol. The van der Waals surface area contributed by atoms with E-state index in [0.717, 1.165) is 11.1 Å². The molecular formula is C22H20O6. The third-order valence-corrected chi connectivity index (χ3v) is 5.32. The fourth-order valence-electron chi connectivity index (χ4n) is 3.82. The first-order chi connectivity index (χ1) is 13.5. The highest BCUT2D eigenvalue weighted by Gasteiger charge is 2.40. The van der Waals surface area contributed by atoms with Crippen LogP contribution in [0.5, 0.6) is 17.2 Å². The summed E-state index contributed by atoms with van der Waals surface area (Å²) < 4.78 is 10.6. The van der Waals surface area contributed by atoms with Gasteiger partial charge in [-0.25, -0.2) is 0 Å². The number of ether oxygens (including phenoxy) is 2. The predicted octanol–water partition coefficient (Wildman–Crippen LogP) is 2.95. The molecular weight excluding hydrogens is 360 g/mol. The van der Waals surface area contributed by atoms with E-state index in [4.69, 9.17) is 9.47 Å². The summed E-state index contributed by atoms with van der Waals surface area (Å²) in [6.07, 6.45) is 0.896. The van der Waals surface area contributed by atoms with E-state index in [2.05, 4.69) is 0 Å². The first-order valence-electron chi connectivity index (χ1n) is 9.27. The first-order valence-corrected chi connectivity index (χ1v) is 9.27. The Balaban J connectivity index is 1.38. The number of aryl methyl sites for hydroxylation is 1. The Morgan fingerprint density at radius 1 is 0.964 bits per heavy atom. The zero-order valence-corrected chi connectivity index (χ0v) is 15.2. The Morgan fingerprint density at radius 3 is 2.36 bits per heavy atom. The van der Waals surface area contributed by atoms with Crippen LogP contribution in [0, 0.1) is 5.92 Å². The van der Waals surface area contributed by atoms with Gasteiger partial charge in [0.2, 0.25) is 6.79 Å². The van der Waals surface area contributed by atoms with Crippen LogP contribution in [-0.4, -0.2) is 29.2 Å². The molecule has 1 N–H and O–H groups in total. The van der Waals surface area contributed by atoms with Gasteiger partial charge in [0.05, 0.1) is 0 Å². The van der Waals surface area contributed by atoms with E-state index >= 15 is 0 Å². The van der Waals surface area contributed by atoms with Gasteiger partial charge < -0.3 is 14.6 Å². The summed E-state index contributed by atoms with van der Waals surface area (Å²) in [6.45, 7) is 0.186. The number of aromatic hydroxyl groups is 1. The van der Waals surface area contributed by atoms with Gasteiger partial charge in [-0.15, -0.1) is 0 Å². The van der Waals surface area contributed by atoms with Crippen molar-refractivity contribution in [2.24, 2.45) is 5.92 Å². The molecule has 0 bridgehead atoms. The lowest BCUT2D eigenvalue weighted by Crippen LogP contribution is -2.38. The van der Waals surface area contributed by atoms with E-state index in [-0.39, 0.29) is 55.1 Å². The van der Waals surface area contributed by atoms with Crippen molar-refractivity contribution in [3.05, 3.63) is 53.6 Å². The first kappa shape index (κ1) is 18.2. The lowest BCUT2D eigenvalue weighted by atomic mass is 9.74. The molecule has 2 aliphatic rings. The van der Waals surface area contributed by atoms with Gasteiger partial charge in [0.25, 0.3) is 0 Å². The second kappa shape index (κ2) is 7.46. The molecule has 1 fully saturated rings. The largest absolute Gasteiger partial charge is 0.508 e. The second-order valence-corrected chi connectivity index (χ2v) is 7.22. The molecule has 0 radical (unpaired) electrons. The van der Waals surface area contributed by atoms with E-state index in [0.29, 0.717) is 17.9 Å². The summed E-state index contributed by atoms with van der Waals surface area (Å²) in [5.74, 6) is -0.888. The van der Waals surface area contributed by atoms with Crippen LogP contribution < -0.4 is 9.47 Å². The van der Waals surface area contributed by atoms with Crippen LogP contribution in [0.1, 0.15) is 36.3 Å². The zero-order chi connectivity index (χ0) is 19.7. The number of ketones is 3. The number of benzene rings is 2. The van der Waals surface area contributed by atoms with Crippen LogP contribution in [0.25, 0.3) is 0 Å². The van der Waals surface area contributed by atoms with Gasteiger partial charge in [0.15, 0.2) is 28.8 Å². The normalized spacial score (nSPS) is 21.0. The van der Waals surface area contributed by atoms with E-state index < -0.39 is 5.92 Å². The van der Waals surface area contributed by atoms with Crippen LogP contribution in [0.3, 0.4) is 0 Å². The summed E-state index contributed by atoms with van der Waals surface area (Å²) in [5.41, 5.74) is 1.72. The fourth-order valence-corrected chi connectivity index (χ4v) is 3.82. The van der Waals surface area contributed by atoms with Gasteiger partial charge >= 0.3 is 0 Å². The summed E-state index contributed by atoms with van der Waals surface area (Å²) in [5, 5.41) is 9.39. The maximum atomic E-state index is 12.6. The minimum absolute atomic E-state index is 0.131. The number of phenols is 1. The molecule has 1 heterocycles. The van der Waals surface area contributed by atoms with Crippen molar-refractivity contribution in [1.82, 2.24) is 0 Å². The standard InChI is InChI=1S/C22H20O6/c23-16-5-3-14(4-6-16)15-10-18(25)22(19(26)11-15)17(24)7-1-13-2-8-20-21(9-13)28-12-27-20/h2-6,8-9,15,22-23H,1,7,10-12H2. The summed E-state index contributed by atoms with van der Waals surface area (Å²) in [7, 11) is 0. The summed E-state index contributed by atoms with van der Waals surface area (Å²) in [6, 6.07) is 12.0. The highest BCUT2D eigenvalue weighted by Crippen LogP contribution is 2.35. The Morgan fingerprint density at radius 2 is 1.64 bits per heavy atom. The Labute approximate surface area is 162 Å². The highest BCUT2D eigenvalue weighted by atomic mass is 16.7. The molecule has 1 saturated carbocycles. The Hall–Kier alpha value is -3.15. The lowest BCUT2D eigenvalue weighted by Gasteiger charge is -2.26. The molecule has 0 spiro atoms. The quantitative estimate of drug-likeness (QED) is 0.802. The zero-order valence-electron chi connectivity index (χ0n) is 15.2. The third kappa shape index (κ3) is 3.63. The average Bonchev–Trinajstić information content (AvgIpc) is 3.14. The number of carbonyl (C=O) groups excluding carboxylic acids is 3. The van der Waals surface area contributed by atoms with Gasteiger partial charge in [-0.3, -0.25) is 14.4 Å². The number of phenolic OH excluding ortho intramolecular Hbond substituents is 1. The molecule has 6 heteroatoms. The van der Waals surface area contributed by atoms with Gasteiger partial charge in [-0.05, 0) is 47.7 Å². The molecule has 28 heavy (non-hydrogen) atoms. The van der Waals surface area contributed by atoms with Crippen molar-refractivity contribution >= 4 is 17.3 Å². The van der Waals surface area contributed by atoms with Crippen molar-refractivity contribution in [1.29, 1.82) is 0 Å². The fraction of sp³-hybridized carbons (Fsp3) is 0.318. The van der Waals surface area contributed by atoms with E-state index in [1.165, 1.54) is 12.1 Å². The van der Waals surface area contributed by atoms with Crippen molar-refractivity contribution < 1.29 is 29.0 Å². The molecule has 2 aromatic carbocycles. The molecule has 1 aliphatic heterocycles. The summed E-state index contributed by atoms with van der Waals surface area (Å²) >= 11 is 0. The predicted molar refractivity (Wildman–Crippen MR) is 99.5 cm³/mol. The van der Waals surface area contributed by atoms with E-state index in [1.54, 1.807) is 18.2 Å². The van der Waals surface area contributed by atoms with Crippen LogP contribution in [0.15, 0.2) is 42.5 Å². The van der Waals surface area contributed by atoms with E-state index in [9.17, 15) is 19.5 Å². The van der Waals surface area contributed by atoms with Crippen LogP contribution >= 0.6 is 0 Å². The van der Waals surface area contributed by atoms with Gasteiger partial charge in [-0.2, -0.15) is 0 Å². The molecule has 2 aromatic rings. The van der Waals surface area contributed by atoms with Crippen LogP contribution in [0.4, 0.5) is 0 Å². The second-order valence-electron chi connectivity index (χ2n) is 7.22. The topological polar surface area (TPSA) is 89.9 Å². The Kier molecular flexibility index (Phi) is 4.86. The number of fused-ring (bicyclic) bond motifs is 1. The third-order valence-electron chi connectivity index (χ3n) is 5.32. The van der Waals surface area contributed by atoms with Crippen molar-refractivity contribution in [3.8, 4) is 17.2 Å². The molecule has 6 nitrogen and oxygen atoms in total. The number of Topliss-reactive ketones (excluding diaryl/α,β-unsaturated/α-hetero) is 3. The SMILES string of the molecule is O=C(CCc1ccc2c(c1)OCO2)C1C(=O)CC(c2ccc(O)cc2)CC1=O. The van der Waals surface area contributed by atoms with Gasteiger partial charge in [0, 0.05) is 19.3 Å². The molecule has 0 saturated heterocycles. The van der Waals surface area contributed by atoms with Crippen LogP contribution in [0.2, 0.25) is 0 Å². The minimum Gasteiger partial charge on any atom is -0.508 e. The van der Waals surface area contributed by atoms with Crippen LogP contribution in [-0.2, 0) is 20.8 Å². The highest BCUT2D eigenvalue weighted by molar-refractivity contribution is 6.21. The Bertz CT molecular complexity index is 913. The minimum atomic E-state index is -1.15. The number of hydrogen-bond donors (Lipinski definition) is 1. The lowest BCUT2D eigenvalue weighted by molar-refractivity contribution is -0.142. The van der Waals surface area contributed by atoms with Gasteiger partial charge in [-0.1, -0.05) is 18.2 Å². The molecule has 0 amide bonds. The van der Waals surface area contributed by atoms with E-state index in [1.807, 2.05) is 12.1 Å². The maximum absolute atomic E-state index is 12.6. The molecule has 144 valence electrons. The molecule has 4 rings (SSSR count). The summed E-state index contributed by atoms with van der Waals surface area (Å²) in [4.78, 5) is 37.7. The number of rotatable bonds is 5.